The van der Waals surface area contributed by atoms with Crippen LogP contribution in [-0.4, -0.2) is 12.1 Å². The highest BCUT2D eigenvalue weighted by molar-refractivity contribution is 5.72. The molecule has 1 rings (SSSR count). The Hall–Kier alpha value is -0.570. The van der Waals surface area contributed by atoms with Crippen molar-refractivity contribution < 1.29 is 9.53 Å². The fourth-order valence-electron chi connectivity index (χ4n) is 2.38. The molecule has 17 heavy (non-hydrogen) atoms. The molecule has 1 saturated carbocycles. The van der Waals surface area contributed by atoms with Crippen LogP contribution >= 0.6 is 0 Å². The third-order valence-electron chi connectivity index (χ3n) is 3.57. The molecule has 0 amide bonds. The van der Waals surface area contributed by atoms with Crippen molar-refractivity contribution in [2.45, 2.75) is 77.7 Å². The van der Waals surface area contributed by atoms with Gasteiger partial charge in [0.25, 0.3) is 0 Å². The second kappa shape index (κ2) is 9.46. The number of carbonyl (C=O) groups is 1. The van der Waals surface area contributed by atoms with E-state index in [1.165, 1.54) is 19.3 Å². The van der Waals surface area contributed by atoms with Gasteiger partial charge in [0, 0.05) is 0 Å². The van der Waals surface area contributed by atoms with Crippen molar-refractivity contribution in [2.75, 3.05) is 0 Å². The maximum absolute atomic E-state index is 11.9. The average Bonchev–Trinajstić information content (AvgIpc) is 2.31. The van der Waals surface area contributed by atoms with Gasteiger partial charge in [-0.1, -0.05) is 33.1 Å². The van der Waals surface area contributed by atoms with E-state index in [2.05, 4.69) is 13.8 Å². The molecule has 0 heterocycles. The van der Waals surface area contributed by atoms with Gasteiger partial charge in [0.2, 0.25) is 0 Å². The van der Waals surface area contributed by atoms with E-state index in [-0.39, 0.29) is 24.1 Å². The zero-order valence-corrected chi connectivity index (χ0v) is 11.5. The van der Waals surface area contributed by atoms with Crippen LogP contribution < -0.4 is 6.15 Å². The van der Waals surface area contributed by atoms with E-state index < -0.39 is 0 Å². The topological polar surface area (TPSA) is 61.3 Å². The van der Waals surface area contributed by atoms with Gasteiger partial charge in [-0.25, -0.2) is 0 Å². The normalized spacial score (nSPS) is 18.2. The van der Waals surface area contributed by atoms with Crippen LogP contribution in [0.1, 0.15) is 71.6 Å². The van der Waals surface area contributed by atoms with Crippen molar-refractivity contribution in [1.82, 2.24) is 6.15 Å². The maximum atomic E-state index is 11.9. The zero-order valence-electron chi connectivity index (χ0n) is 11.5. The number of hydrogen-bond donors (Lipinski definition) is 1. The molecule has 0 aromatic rings. The Morgan fingerprint density at radius 2 is 1.88 bits per heavy atom. The van der Waals surface area contributed by atoms with Gasteiger partial charge in [0.05, 0.1) is 5.92 Å². The van der Waals surface area contributed by atoms with E-state index in [1.54, 1.807) is 0 Å². The van der Waals surface area contributed by atoms with E-state index in [4.69, 9.17) is 4.74 Å². The van der Waals surface area contributed by atoms with Crippen molar-refractivity contribution >= 4 is 5.97 Å². The number of hydrogen-bond acceptors (Lipinski definition) is 3. The monoisotopic (exact) mass is 243 g/mol. The number of rotatable bonds is 6. The lowest BCUT2D eigenvalue weighted by atomic mass is 9.96. The third-order valence-corrected chi connectivity index (χ3v) is 3.57. The minimum absolute atomic E-state index is 0. The van der Waals surface area contributed by atoms with Crippen LogP contribution in [0.15, 0.2) is 0 Å². The molecule has 0 spiro atoms. The summed E-state index contributed by atoms with van der Waals surface area (Å²) >= 11 is 0. The van der Waals surface area contributed by atoms with Gasteiger partial charge in [0.1, 0.15) is 6.10 Å². The van der Waals surface area contributed by atoms with E-state index >= 15 is 0 Å². The molecular weight excluding hydrogens is 214 g/mol. The first-order valence-corrected chi connectivity index (χ1v) is 6.98. The molecule has 3 N–H and O–H groups in total. The lowest BCUT2D eigenvalue weighted by Crippen LogP contribution is -2.25. The Bertz CT molecular complexity index is 200. The van der Waals surface area contributed by atoms with Crippen molar-refractivity contribution in [1.29, 1.82) is 0 Å². The molecule has 0 bridgehead atoms. The van der Waals surface area contributed by atoms with Crippen LogP contribution in [0.2, 0.25) is 0 Å². The standard InChI is InChI=1S/C14H26O2.H3N/c1-3-5-9-12(4-2)14(15)16-13-10-7-6-8-11-13;/h12-13H,3-11H2,1-2H3;1H3. The number of ether oxygens (including phenoxy) is 1. The highest BCUT2D eigenvalue weighted by Gasteiger charge is 2.22. The van der Waals surface area contributed by atoms with Gasteiger partial charge in [-0.2, -0.15) is 0 Å². The summed E-state index contributed by atoms with van der Waals surface area (Å²) < 4.78 is 5.60. The molecule has 0 saturated heterocycles. The van der Waals surface area contributed by atoms with Crippen LogP contribution in [0.5, 0.6) is 0 Å². The smallest absolute Gasteiger partial charge is 0.309 e. The minimum atomic E-state index is 0. The summed E-state index contributed by atoms with van der Waals surface area (Å²) in [6.45, 7) is 4.25. The Morgan fingerprint density at radius 1 is 1.24 bits per heavy atom. The molecule has 3 nitrogen and oxygen atoms in total. The molecule has 0 aromatic carbocycles. The first-order valence-electron chi connectivity index (χ1n) is 6.98. The Labute approximate surface area is 106 Å². The number of unbranched alkanes of at least 4 members (excludes halogenated alkanes) is 1. The fraction of sp³-hybridized carbons (Fsp3) is 0.929. The predicted octanol–water partition coefficient (Wildman–Crippen LogP) is 4.24. The first kappa shape index (κ1) is 16.4. The Kier molecular flexibility index (Phi) is 9.14. The summed E-state index contributed by atoms with van der Waals surface area (Å²) in [6, 6.07) is 0. The summed E-state index contributed by atoms with van der Waals surface area (Å²) in [5.41, 5.74) is 0. The highest BCUT2D eigenvalue weighted by atomic mass is 16.5. The van der Waals surface area contributed by atoms with E-state index in [1.807, 2.05) is 0 Å². The SMILES string of the molecule is CCCCC(CC)C(=O)OC1CCCCC1.N. The largest absolute Gasteiger partial charge is 0.462 e. The van der Waals surface area contributed by atoms with Crippen LogP contribution in [0.3, 0.4) is 0 Å². The van der Waals surface area contributed by atoms with Crippen molar-refractivity contribution in [2.24, 2.45) is 5.92 Å². The fourth-order valence-corrected chi connectivity index (χ4v) is 2.38. The molecule has 1 aliphatic carbocycles. The van der Waals surface area contributed by atoms with E-state index in [9.17, 15) is 4.79 Å². The second-order valence-corrected chi connectivity index (χ2v) is 4.94. The molecule has 102 valence electrons. The van der Waals surface area contributed by atoms with Gasteiger partial charge >= 0.3 is 5.97 Å². The molecule has 1 unspecified atom stereocenters. The van der Waals surface area contributed by atoms with Gasteiger partial charge in [-0.05, 0) is 38.5 Å². The van der Waals surface area contributed by atoms with Crippen molar-refractivity contribution in [3.05, 3.63) is 0 Å². The summed E-state index contributed by atoms with van der Waals surface area (Å²) in [5.74, 6) is 0.199. The van der Waals surface area contributed by atoms with Gasteiger partial charge in [0.15, 0.2) is 0 Å². The quantitative estimate of drug-likeness (QED) is 0.710. The molecule has 0 aliphatic heterocycles. The molecule has 0 radical (unpaired) electrons. The summed E-state index contributed by atoms with van der Waals surface area (Å²) in [4.78, 5) is 11.9. The van der Waals surface area contributed by atoms with Crippen LogP contribution in [0.25, 0.3) is 0 Å². The van der Waals surface area contributed by atoms with Crippen molar-refractivity contribution in [3.8, 4) is 0 Å². The van der Waals surface area contributed by atoms with Crippen LogP contribution in [-0.2, 0) is 9.53 Å². The Balaban J connectivity index is 0.00000256. The molecule has 3 heteroatoms. The first-order chi connectivity index (χ1) is 7.77. The summed E-state index contributed by atoms with van der Waals surface area (Å²) in [7, 11) is 0. The summed E-state index contributed by atoms with van der Waals surface area (Å²) in [6.07, 6.45) is 10.4. The Morgan fingerprint density at radius 3 is 2.41 bits per heavy atom. The van der Waals surface area contributed by atoms with Crippen LogP contribution in [0.4, 0.5) is 0 Å². The highest BCUT2D eigenvalue weighted by Crippen LogP contribution is 2.23. The van der Waals surface area contributed by atoms with Gasteiger partial charge < -0.3 is 10.9 Å². The predicted molar refractivity (Wildman–Crippen MR) is 71.3 cm³/mol. The summed E-state index contributed by atoms with van der Waals surface area (Å²) in [5, 5.41) is 0. The van der Waals surface area contributed by atoms with Crippen LogP contribution in [0, 0.1) is 5.92 Å². The maximum Gasteiger partial charge on any atom is 0.309 e. The van der Waals surface area contributed by atoms with E-state index in [0.717, 1.165) is 38.5 Å². The van der Waals surface area contributed by atoms with Crippen molar-refractivity contribution in [3.63, 3.8) is 0 Å². The number of esters is 1. The molecule has 1 aliphatic rings. The number of carbonyl (C=O) groups excluding carboxylic acids is 1. The second-order valence-electron chi connectivity index (χ2n) is 4.94. The lowest BCUT2D eigenvalue weighted by molar-refractivity contribution is -0.156. The minimum Gasteiger partial charge on any atom is -0.462 e. The molecular formula is C14H29NO2. The average molecular weight is 243 g/mol. The lowest BCUT2D eigenvalue weighted by Gasteiger charge is -2.24. The third kappa shape index (κ3) is 6.06. The van der Waals surface area contributed by atoms with Gasteiger partial charge in [-0.3, -0.25) is 4.79 Å². The van der Waals surface area contributed by atoms with E-state index in [0.29, 0.717) is 0 Å². The molecule has 1 atom stereocenters. The molecule has 1 fully saturated rings. The zero-order chi connectivity index (χ0) is 11.8. The molecule has 0 aromatic heterocycles. The van der Waals surface area contributed by atoms with Gasteiger partial charge in [-0.15, -0.1) is 0 Å².